The van der Waals surface area contributed by atoms with Gasteiger partial charge in [-0.25, -0.2) is 4.98 Å². The van der Waals surface area contributed by atoms with E-state index in [0.717, 1.165) is 47.2 Å². The number of benzene rings is 1. The molecule has 1 N–H and O–H groups in total. The molecule has 1 aromatic carbocycles. The molecule has 0 atom stereocenters. The van der Waals surface area contributed by atoms with E-state index in [1.54, 1.807) is 11.3 Å². The Bertz CT molecular complexity index is 581. The van der Waals surface area contributed by atoms with Crippen molar-refractivity contribution in [2.75, 3.05) is 31.1 Å². The van der Waals surface area contributed by atoms with E-state index in [0.29, 0.717) is 6.54 Å². The van der Waals surface area contributed by atoms with E-state index in [1.807, 2.05) is 6.20 Å². The van der Waals surface area contributed by atoms with Gasteiger partial charge in [0.1, 0.15) is 0 Å². The number of hydrogen-bond donors (Lipinski definition) is 0. The third-order valence-electron chi connectivity index (χ3n) is 3.74. The van der Waals surface area contributed by atoms with Gasteiger partial charge in [-0.3, -0.25) is 4.90 Å². The van der Waals surface area contributed by atoms with Gasteiger partial charge in [0, 0.05) is 76.8 Å². The molecule has 1 radical (unpaired) electrons. The molecule has 1 saturated heterocycles. The van der Waals surface area contributed by atoms with Crippen molar-refractivity contribution in [2.24, 2.45) is 0 Å². The first-order valence-corrected chi connectivity index (χ1v) is 8.66. The van der Waals surface area contributed by atoms with Gasteiger partial charge in [-0.05, 0) is 21.5 Å². The van der Waals surface area contributed by atoms with Crippen LogP contribution < -0.4 is 4.90 Å². The summed E-state index contributed by atoms with van der Waals surface area (Å²) in [6, 6.07) is 8.42. The third-order valence-corrected chi connectivity index (χ3v) is 5.28. The molecule has 1 aliphatic rings. The Labute approximate surface area is 179 Å². The predicted octanol–water partition coefficient (Wildman–Crippen LogP) is 3.78. The molecule has 0 spiro atoms. The first-order valence-electron chi connectivity index (χ1n) is 7.05. The fraction of sp³-hybridized carbons (Fsp3) is 0.400. The molecule has 22 heavy (non-hydrogen) atoms. The van der Waals surface area contributed by atoms with Gasteiger partial charge in [0.05, 0.1) is 9.98 Å². The van der Waals surface area contributed by atoms with E-state index in [2.05, 4.69) is 55.0 Å². The summed E-state index contributed by atoms with van der Waals surface area (Å²) in [7, 11) is 0. The molecule has 0 bridgehead atoms. The Morgan fingerprint density at radius 1 is 1.09 bits per heavy atom. The van der Waals surface area contributed by atoms with Crippen LogP contribution in [0.4, 0.5) is 5.13 Å². The van der Waals surface area contributed by atoms with Crippen LogP contribution in [0.15, 0.2) is 34.2 Å². The zero-order chi connectivity index (χ0) is 14.7. The SMILES string of the molecule is [Ac].[NH-]Cc1ccc(CN2CCN(c3ncc(Br)s3)CC2)cc1. The number of hydrogen-bond acceptors (Lipinski definition) is 4. The average Bonchev–Trinajstić information content (AvgIpc) is 2.95. The van der Waals surface area contributed by atoms with Crippen LogP contribution >= 0.6 is 27.3 Å². The van der Waals surface area contributed by atoms with Gasteiger partial charge in [-0.15, -0.1) is 6.54 Å². The van der Waals surface area contributed by atoms with E-state index in [1.165, 1.54) is 5.56 Å². The fourth-order valence-electron chi connectivity index (χ4n) is 2.51. The maximum atomic E-state index is 7.35. The summed E-state index contributed by atoms with van der Waals surface area (Å²) < 4.78 is 1.09. The summed E-state index contributed by atoms with van der Waals surface area (Å²) >= 11 is 5.17. The van der Waals surface area contributed by atoms with Crippen LogP contribution in [-0.4, -0.2) is 36.1 Å². The van der Waals surface area contributed by atoms with Crippen molar-refractivity contribution < 1.29 is 44.1 Å². The minimum absolute atomic E-state index is 0. The summed E-state index contributed by atoms with van der Waals surface area (Å²) in [5, 5.41) is 1.11. The Hall–Kier alpha value is 0.492. The van der Waals surface area contributed by atoms with Gasteiger partial charge in [0.25, 0.3) is 0 Å². The van der Waals surface area contributed by atoms with Gasteiger partial charge >= 0.3 is 0 Å². The van der Waals surface area contributed by atoms with E-state index >= 15 is 0 Å². The van der Waals surface area contributed by atoms with Gasteiger partial charge in [0.2, 0.25) is 0 Å². The zero-order valence-corrected chi connectivity index (χ0v) is 19.5. The van der Waals surface area contributed by atoms with Crippen molar-refractivity contribution >= 4 is 32.4 Å². The van der Waals surface area contributed by atoms with E-state index in [9.17, 15) is 0 Å². The number of halogens is 1. The Kier molecular flexibility index (Phi) is 7.79. The number of anilines is 1. The van der Waals surface area contributed by atoms with Gasteiger partial charge in [-0.2, -0.15) is 0 Å². The summed E-state index contributed by atoms with van der Waals surface area (Å²) in [4.78, 5) is 9.27. The van der Waals surface area contributed by atoms with Crippen LogP contribution in [0.25, 0.3) is 5.73 Å². The van der Waals surface area contributed by atoms with Crippen molar-refractivity contribution in [2.45, 2.75) is 13.1 Å². The summed E-state index contributed by atoms with van der Waals surface area (Å²) in [6.45, 7) is 5.56. The van der Waals surface area contributed by atoms with Crippen molar-refractivity contribution in [1.82, 2.24) is 9.88 Å². The molecule has 3 rings (SSSR count). The monoisotopic (exact) mass is 592 g/mol. The van der Waals surface area contributed by atoms with Crippen LogP contribution in [-0.2, 0) is 13.1 Å². The number of aromatic nitrogens is 1. The van der Waals surface area contributed by atoms with Crippen LogP contribution in [0.5, 0.6) is 0 Å². The number of piperazine rings is 1. The molecule has 115 valence electrons. The summed E-state index contributed by atoms with van der Waals surface area (Å²) in [5.74, 6) is 0. The van der Waals surface area contributed by atoms with Crippen LogP contribution in [0.1, 0.15) is 11.1 Å². The van der Waals surface area contributed by atoms with Gasteiger partial charge in [0.15, 0.2) is 5.13 Å². The Morgan fingerprint density at radius 2 is 1.73 bits per heavy atom. The Balaban J connectivity index is 0.00000176. The average molecular weight is 593 g/mol. The smallest absolute Gasteiger partial charge is 0.186 e. The number of nitrogens with zero attached hydrogens (tertiary/aromatic N) is 3. The molecular formula is C15H18AcBrN4S-. The number of thiazole rings is 1. The van der Waals surface area contributed by atoms with Crippen LogP contribution in [0.2, 0.25) is 0 Å². The third kappa shape index (κ3) is 4.99. The maximum absolute atomic E-state index is 7.35. The molecule has 2 heterocycles. The first kappa shape index (κ1) is 18.8. The molecule has 0 amide bonds. The van der Waals surface area contributed by atoms with E-state index in [4.69, 9.17) is 5.73 Å². The second-order valence-electron chi connectivity index (χ2n) is 5.20. The molecule has 0 aliphatic carbocycles. The second kappa shape index (κ2) is 9.10. The Morgan fingerprint density at radius 3 is 2.27 bits per heavy atom. The first-order chi connectivity index (χ1) is 10.2. The quantitative estimate of drug-likeness (QED) is 0.543. The van der Waals surface area contributed by atoms with Crippen molar-refractivity contribution in [3.63, 3.8) is 0 Å². The number of nitrogens with one attached hydrogen (secondary N) is 1. The summed E-state index contributed by atoms with van der Waals surface area (Å²) in [6.07, 6.45) is 1.88. The molecule has 1 aromatic heterocycles. The number of rotatable bonds is 4. The normalized spacial score (nSPS) is 15.6. The molecule has 1 aliphatic heterocycles. The largest absolute Gasteiger partial charge is 0.674 e. The molecule has 4 nitrogen and oxygen atoms in total. The van der Waals surface area contributed by atoms with Crippen molar-refractivity contribution in [1.29, 1.82) is 0 Å². The minimum atomic E-state index is 0. The van der Waals surface area contributed by atoms with Crippen LogP contribution in [0, 0.1) is 44.1 Å². The van der Waals surface area contributed by atoms with Crippen molar-refractivity contribution in [3.8, 4) is 0 Å². The van der Waals surface area contributed by atoms with Gasteiger partial charge in [-0.1, -0.05) is 41.2 Å². The molecular weight excluding hydrogens is 575 g/mol. The van der Waals surface area contributed by atoms with Crippen molar-refractivity contribution in [3.05, 3.63) is 51.1 Å². The summed E-state index contributed by atoms with van der Waals surface area (Å²) in [5.41, 5.74) is 9.76. The molecule has 0 saturated carbocycles. The van der Waals surface area contributed by atoms with E-state index < -0.39 is 0 Å². The van der Waals surface area contributed by atoms with Crippen LogP contribution in [0.3, 0.4) is 0 Å². The molecule has 2 aromatic rings. The minimum Gasteiger partial charge on any atom is -0.674 e. The second-order valence-corrected chi connectivity index (χ2v) is 7.59. The molecule has 0 unspecified atom stereocenters. The standard InChI is InChI=1S/C15H18BrN4S.Ac/c16-14-10-18-15(21-14)20-7-5-19(6-8-20)11-13-3-1-12(9-17)2-4-13;/h1-4,10,17H,5-9,11H2;/q-1;. The van der Waals surface area contributed by atoms with E-state index in [-0.39, 0.29) is 44.1 Å². The van der Waals surface area contributed by atoms with Gasteiger partial charge < -0.3 is 10.6 Å². The zero-order valence-electron chi connectivity index (χ0n) is 12.3. The fourth-order valence-corrected chi connectivity index (χ4v) is 3.74. The maximum Gasteiger partial charge on any atom is 0.186 e. The molecule has 7 heteroatoms. The predicted molar refractivity (Wildman–Crippen MR) is 91.8 cm³/mol. The topological polar surface area (TPSA) is 43.2 Å². The molecule has 1 fully saturated rings.